The van der Waals surface area contributed by atoms with Crippen LogP contribution in [0.4, 0.5) is 0 Å². The molecule has 0 bridgehead atoms. The van der Waals surface area contributed by atoms with Gasteiger partial charge in [0.2, 0.25) is 0 Å². The summed E-state index contributed by atoms with van der Waals surface area (Å²) in [5, 5.41) is 9.96. The third-order valence-corrected chi connectivity index (χ3v) is 3.52. The summed E-state index contributed by atoms with van der Waals surface area (Å²) in [4.78, 5) is 0. The second-order valence-corrected chi connectivity index (χ2v) is 5.49. The van der Waals surface area contributed by atoms with Crippen LogP contribution < -0.4 is 5.73 Å². The number of hydrogen-bond donors (Lipinski definition) is 2. The maximum atomic E-state index is 9.96. The summed E-state index contributed by atoms with van der Waals surface area (Å²) in [6, 6.07) is 0. The highest BCUT2D eigenvalue weighted by Crippen LogP contribution is 2.26. The van der Waals surface area contributed by atoms with Gasteiger partial charge in [0.25, 0.3) is 0 Å². The molecule has 0 amide bonds. The van der Waals surface area contributed by atoms with E-state index in [0.29, 0.717) is 11.6 Å². The van der Waals surface area contributed by atoms with Crippen molar-refractivity contribution in [1.29, 1.82) is 0 Å². The lowest BCUT2D eigenvalue weighted by molar-refractivity contribution is -0.263. The van der Waals surface area contributed by atoms with Crippen molar-refractivity contribution in [3.05, 3.63) is 24.4 Å². The molecule has 1 aliphatic rings. The van der Waals surface area contributed by atoms with Gasteiger partial charge in [0.1, 0.15) is 6.10 Å². The minimum atomic E-state index is -0.534. The molecule has 0 aliphatic carbocycles. The van der Waals surface area contributed by atoms with E-state index in [-0.39, 0.29) is 12.2 Å². The molecule has 4 heteroatoms. The average Bonchev–Trinajstić information content (AvgIpc) is 2.31. The van der Waals surface area contributed by atoms with Crippen LogP contribution >= 0.6 is 0 Å². The SMILES string of the molecule is C=C(N)/C=C/CC[C@@H](C)O[C@@H]1O[C@@H](C)[C@H](C)C[C@H]1O. The van der Waals surface area contributed by atoms with E-state index in [1.807, 2.05) is 19.9 Å². The predicted octanol–water partition coefficient (Wildman–Crippen LogP) is 2.33. The molecule has 0 aromatic carbocycles. The van der Waals surface area contributed by atoms with E-state index >= 15 is 0 Å². The van der Waals surface area contributed by atoms with Crippen molar-refractivity contribution in [2.75, 3.05) is 0 Å². The van der Waals surface area contributed by atoms with Crippen molar-refractivity contribution in [1.82, 2.24) is 0 Å². The average molecular weight is 269 g/mol. The van der Waals surface area contributed by atoms with E-state index in [9.17, 15) is 5.11 Å². The molecule has 110 valence electrons. The first kappa shape index (κ1) is 16.2. The first-order chi connectivity index (χ1) is 8.90. The first-order valence-electron chi connectivity index (χ1n) is 7.00. The van der Waals surface area contributed by atoms with Crippen LogP contribution in [0.15, 0.2) is 24.4 Å². The van der Waals surface area contributed by atoms with Crippen LogP contribution in [0, 0.1) is 5.92 Å². The van der Waals surface area contributed by atoms with Gasteiger partial charge in [0.15, 0.2) is 6.29 Å². The van der Waals surface area contributed by atoms with Gasteiger partial charge in [-0.1, -0.05) is 19.6 Å². The van der Waals surface area contributed by atoms with E-state index in [2.05, 4.69) is 13.5 Å². The summed E-state index contributed by atoms with van der Waals surface area (Å²) in [6.07, 6.45) is 5.35. The Kier molecular flexibility index (Phi) is 6.55. The van der Waals surface area contributed by atoms with Crippen LogP contribution in [0.5, 0.6) is 0 Å². The minimum Gasteiger partial charge on any atom is -0.399 e. The third-order valence-electron chi connectivity index (χ3n) is 3.52. The maximum Gasteiger partial charge on any atom is 0.184 e. The Morgan fingerprint density at radius 3 is 2.89 bits per heavy atom. The lowest BCUT2D eigenvalue weighted by atomic mass is 9.95. The predicted molar refractivity (Wildman–Crippen MR) is 76.4 cm³/mol. The Hall–Kier alpha value is -0.840. The number of hydrogen-bond acceptors (Lipinski definition) is 4. The van der Waals surface area contributed by atoms with Crippen molar-refractivity contribution in [2.45, 2.75) is 64.6 Å². The zero-order chi connectivity index (χ0) is 14.4. The molecule has 0 aromatic heterocycles. The molecule has 0 saturated carbocycles. The summed E-state index contributed by atoms with van der Waals surface area (Å²) in [7, 11) is 0. The Labute approximate surface area is 116 Å². The molecule has 1 heterocycles. The molecular formula is C15H27NO3. The van der Waals surface area contributed by atoms with Crippen molar-refractivity contribution in [3.63, 3.8) is 0 Å². The van der Waals surface area contributed by atoms with Crippen LogP contribution in [0.2, 0.25) is 0 Å². The van der Waals surface area contributed by atoms with Gasteiger partial charge in [-0.3, -0.25) is 0 Å². The minimum absolute atomic E-state index is 0.0379. The number of allylic oxidation sites excluding steroid dienone is 2. The normalized spacial score (nSPS) is 33.5. The first-order valence-corrected chi connectivity index (χ1v) is 7.00. The molecule has 5 atom stereocenters. The van der Waals surface area contributed by atoms with Crippen molar-refractivity contribution in [3.8, 4) is 0 Å². The molecule has 0 spiro atoms. The second-order valence-electron chi connectivity index (χ2n) is 5.49. The van der Waals surface area contributed by atoms with Crippen molar-refractivity contribution < 1.29 is 14.6 Å². The number of aliphatic hydroxyl groups is 1. The highest BCUT2D eigenvalue weighted by molar-refractivity contribution is 5.09. The molecule has 0 unspecified atom stereocenters. The summed E-state index contributed by atoms with van der Waals surface area (Å²) < 4.78 is 11.5. The van der Waals surface area contributed by atoms with Gasteiger partial charge >= 0.3 is 0 Å². The zero-order valence-corrected chi connectivity index (χ0v) is 12.2. The van der Waals surface area contributed by atoms with Gasteiger partial charge in [-0.25, -0.2) is 0 Å². The smallest absolute Gasteiger partial charge is 0.184 e. The maximum absolute atomic E-state index is 9.96. The molecule has 0 radical (unpaired) electrons. The summed E-state index contributed by atoms with van der Waals surface area (Å²) in [5.41, 5.74) is 6.00. The van der Waals surface area contributed by atoms with Crippen LogP contribution in [0.1, 0.15) is 40.0 Å². The largest absolute Gasteiger partial charge is 0.399 e. The topological polar surface area (TPSA) is 64.7 Å². The molecule has 19 heavy (non-hydrogen) atoms. The molecule has 1 rings (SSSR count). The van der Waals surface area contributed by atoms with E-state index in [0.717, 1.165) is 19.3 Å². The van der Waals surface area contributed by atoms with Gasteiger partial charge in [0, 0.05) is 5.70 Å². The van der Waals surface area contributed by atoms with Gasteiger partial charge < -0.3 is 20.3 Å². The molecule has 4 nitrogen and oxygen atoms in total. The highest BCUT2D eigenvalue weighted by Gasteiger charge is 2.33. The Balaban J connectivity index is 2.31. The quantitative estimate of drug-likeness (QED) is 0.726. The Morgan fingerprint density at radius 2 is 2.26 bits per heavy atom. The fourth-order valence-electron chi connectivity index (χ4n) is 2.11. The molecule has 1 aliphatic heterocycles. The molecule has 1 saturated heterocycles. The summed E-state index contributed by atoms with van der Waals surface area (Å²) in [6.45, 7) is 9.69. The lowest BCUT2D eigenvalue weighted by Gasteiger charge is -2.37. The van der Waals surface area contributed by atoms with Crippen molar-refractivity contribution >= 4 is 0 Å². The van der Waals surface area contributed by atoms with Crippen molar-refractivity contribution in [2.24, 2.45) is 11.7 Å². The van der Waals surface area contributed by atoms with E-state index in [1.54, 1.807) is 6.08 Å². The number of nitrogens with two attached hydrogens (primary N) is 1. The highest BCUT2D eigenvalue weighted by atomic mass is 16.7. The molecular weight excluding hydrogens is 242 g/mol. The van der Waals surface area contributed by atoms with Crippen LogP contribution in [0.3, 0.4) is 0 Å². The van der Waals surface area contributed by atoms with E-state index in [4.69, 9.17) is 15.2 Å². The van der Waals surface area contributed by atoms with E-state index < -0.39 is 12.4 Å². The number of rotatable bonds is 6. The molecule has 0 aromatic rings. The van der Waals surface area contributed by atoms with Gasteiger partial charge in [0.05, 0.1) is 12.2 Å². The lowest BCUT2D eigenvalue weighted by Crippen LogP contribution is -2.44. The molecule has 1 fully saturated rings. The fraction of sp³-hybridized carbons (Fsp3) is 0.733. The molecule has 3 N–H and O–H groups in total. The number of aliphatic hydroxyl groups excluding tert-OH is 1. The fourth-order valence-corrected chi connectivity index (χ4v) is 2.11. The summed E-state index contributed by atoms with van der Waals surface area (Å²) >= 11 is 0. The van der Waals surface area contributed by atoms with E-state index in [1.165, 1.54) is 0 Å². The number of ether oxygens (including phenoxy) is 2. The Bertz CT molecular complexity index is 317. The third kappa shape index (κ3) is 5.76. The standard InChI is InChI=1S/C15H27NO3/c1-10-9-14(17)15(19-13(10)4)18-12(3)8-6-5-7-11(2)16/h5,7,10,12-15,17H,2,6,8-9,16H2,1,3-4H3/b7-5+/t10-,12-,13+,14-,15-/m1/s1. The Morgan fingerprint density at radius 1 is 1.58 bits per heavy atom. The second kappa shape index (κ2) is 7.68. The van der Waals surface area contributed by atoms with Gasteiger partial charge in [-0.15, -0.1) is 0 Å². The van der Waals surface area contributed by atoms with Crippen LogP contribution in [0.25, 0.3) is 0 Å². The van der Waals surface area contributed by atoms with Gasteiger partial charge in [-0.2, -0.15) is 0 Å². The zero-order valence-electron chi connectivity index (χ0n) is 12.2. The van der Waals surface area contributed by atoms with Crippen LogP contribution in [-0.4, -0.2) is 29.7 Å². The van der Waals surface area contributed by atoms with Crippen LogP contribution in [-0.2, 0) is 9.47 Å². The van der Waals surface area contributed by atoms with Gasteiger partial charge in [-0.05, 0) is 45.1 Å². The monoisotopic (exact) mass is 269 g/mol. The summed E-state index contributed by atoms with van der Waals surface area (Å²) in [5.74, 6) is 0.364.